The molecule has 0 unspecified atom stereocenters. The summed E-state index contributed by atoms with van der Waals surface area (Å²) in [5.41, 5.74) is 11.9. The molecule has 10 aromatic carbocycles. The summed E-state index contributed by atoms with van der Waals surface area (Å²) in [6, 6.07) is 94.3. The van der Waals surface area contributed by atoms with E-state index >= 15 is 0 Å². The zero-order valence-corrected chi connectivity index (χ0v) is 35.6. The molecule has 0 aliphatic heterocycles. The lowest BCUT2D eigenvalue weighted by molar-refractivity contribution is 1.17. The minimum absolute atomic E-state index is 1.13. The van der Waals surface area contributed by atoms with Gasteiger partial charge in [0.2, 0.25) is 0 Å². The van der Waals surface area contributed by atoms with Crippen molar-refractivity contribution < 1.29 is 0 Å². The molecule has 0 amide bonds. The zero-order chi connectivity index (χ0) is 41.7. The smallest absolute Gasteiger partial charge is 0.180 e. The molecule has 2 heterocycles. The Balaban J connectivity index is 1.21. The van der Waals surface area contributed by atoms with Crippen molar-refractivity contribution in [2.75, 3.05) is 0 Å². The van der Waals surface area contributed by atoms with Crippen LogP contribution in [0.5, 0.6) is 0 Å². The number of benzene rings is 10. The molecule has 0 saturated carbocycles. The lowest BCUT2D eigenvalue weighted by Gasteiger charge is -2.35. The predicted molar refractivity (Wildman–Crippen MR) is 270 cm³/mol. The standard InChI is InChI=1S/C60H42N2Si/c1-6-20-43(21-7-1)44-36-38-46(39-37-44)61-55-41-40-47(62-54-32-17-16-30-52(54)59-51(31-18-33-56(59)62)45-22-8-2-9-23-45)42-53(55)60-57(61)34-19-35-58(60)63(48-24-10-3-11-25-48,49-26-12-4-13-27-49)50-28-14-5-15-29-50/h1-42H. The molecule has 0 bridgehead atoms. The summed E-state index contributed by atoms with van der Waals surface area (Å²) in [6.45, 7) is 0. The molecule has 12 aromatic rings. The molecule has 0 aliphatic rings. The molecule has 3 heteroatoms. The number of para-hydroxylation sites is 1. The number of hydrogen-bond acceptors (Lipinski definition) is 0. The van der Waals surface area contributed by atoms with Crippen LogP contribution in [0, 0.1) is 0 Å². The largest absolute Gasteiger partial charge is 0.309 e. The van der Waals surface area contributed by atoms with E-state index in [0.29, 0.717) is 0 Å². The van der Waals surface area contributed by atoms with Gasteiger partial charge in [0, 0.05) is 32.9 Å². The first-order chi connectivity index (χ1) is 31.3. The average Bonchev–Trinajstić information content (AvgIpc) is 3.89. The molecular weight excluding hydrogens is 777 g/mol. The van der Waals surface area contributed by atoms with E-state index in [2.05, 4.69) is 264 Å². The average molecular weight is 819 g/mol. The minimum atomic E-state index is -2.96. The summed E-state index contributed by atoms with van der Waals surface area (Å²) in [7, 11) is -2.96. The summed E-state index contributed by atoms with van der Waals surface area (Å²) in [4.78, 5) is 0. The van der Waals surface area contributed by atoms with Gasteiger partial charge < -0.3 is 9.13 Å². The quantitative estimate of drug-likeness (QED) is 0.107. The Bertz CT molecular complexity index is 3480. The topological polar surface area (TPSA) is 9.86 Å². The lowest BCUT2D eigenvalue weighted by Crippen LogP contribution is -2.74. The first-order valence-electron chi connectivity index (χ1n) is 21.8. The fourth-order valence-corrected chi connectivity index (χ4v) is 15.4. The second kappa shape index (κ2) is 15.2. The molecule has 296 valence electrons. The summed E-state index contributed by atoms with van der Waals surface area (Å²) in [6.07, 6.45) is 0. The van der Waals surface area contributed by atoms with Crippen LogP contribution in [0.3, 0.4) is 0 Å². The molecule has 0 aliphatic carbocycles. The van der Waals surface area contributed by atoms with Crippen LogP contribution in [0.4, 0.5) is 0 Å². The highest BCUT2D eigenvalue weighted by atomic mass is 28.3. The fraction of sp³-hybridized carbons (Fsp3) is 0. The van der Waals surface area contributed by atoms with Gasteiger partial charge >= 0.3 is 0 Å². The molecule has 0 N–H and O–H groups in total. The molecule has 63 heavy (non-hydrogen) atoms. The minimum Gasteiger partial charge on any atom is -0.309 e. The maximum Gasteiger partial charge on any atom is 0.180 e. The Labute approximate surface area is 368 Å². The van der Waals surface area contributed by atoms with Crippen molar-refractivity contribution in [1.82, 2.24) is 9.13 Å². The second-order valence-corrected chi connectivity index (χ2v) is 20.2. The first kappa shape index (κ1) is 36.8. The van der Waals surface area contributed by atoms with Crippen LogP contribution < -0.4 is 20.7 Å². The monoisotopic (exact) mass is 818 g/mol. The molecule has 12 rings (SSSR count). The van der Waals surface area contributed by atoms with Crippen molar-refractivity contribution in [2.45, 2.75) is 0 Å². The van der Waals surface area contributed by atoms with Crippen molar-refractivity contribution in [3.05, 3.63) is 255 Å². The van der Waals surface area contributed by atoms with E-state index in [9.17, 15) is 0 Å². The third kappa shape index (κ3) is 5.85. The molecule has 0 saturated heterocycles. The summed E-state index contributed by atoms with van der Waals surface area (Å²) < 4.78 is 4.97. The molecule has 2 nitrogen and oxygen atoms in total. The van der Waals surface area contributed by atoms with Crippen molar-refractivity contribution >= 4 is 72.4 Å². The lowest BCUT2D eigenvalue weighted by atomic mass is 9.99. The van der Waals surface area contributed by atoms with E-state index < -0.39 is 8.07 Å². The summed E-state index contributed by atoms with van der Waals surface area (Å²) in [5, 5.41) is 10.5. The van der Waals surface area contributed by atoms with Gasteiger partial charge in [0.25, 0.3) is 0 Å². The third-order valence-corrected chi connectivity index (χ3v) is 17.9. The van der Waals surface area contributed by atoms with Gasteiger partial charge in [0.1, 0.15) is 0 Å². The second-order valence-electron chi connectivity index (χ2n) is 16.4. The van der Waals surface area contributed by atoms with Crippen LogP contribution in [0.25, 0.3) is 77.2 Å². The molecule has 0 fully saturated rings. The number of nitrogens with zero attached hydrogens (tertiary/aromatic N) is 2. The Morgan fingerprint density at radius 2 is 0.714 bits per heavy atom. The molecular formula is C60H42N2Si. The van der Waals surface area contributed by atoms with Gasteiger partial charge in [-0.15, -0.1) is 0 Å². The van der Waals surface area contributed by atoms with E-state index in [1.165, 1.54) is 86.6 Å². The fourth-order valence-electron chi connectivity index (χ4n) is 10.4. The van der Waals surface area contributed by atoms with Gasteiger partial charge in [-0.2, -0.15) is 0 Å². The van der Waals surface area contributed by atoms with Gasteiger partial charge in [-0.1, -0.05) is 206 Å². The van der Waals surface area contributed by atoms with Gasteiger partial charge in [0.15, 0.2) is 8.07 Å². The van der Waals surface area contributed by atoms with E-state index in [1.807, 2.05) is 0 Å². The Kier molecular flexibility index (Phi) is 8.87. The maximum atomic E-state index is 2.49. The number of hydrogen-bond donors (Lipinski definition) is 0. The predicted octanol–water partition coefficient (Wildman–Crippen LogP) is 12.6. The third-order valence-electron chi connectivity index (χ3n) is 13.1. The van der Waals surface area contributed by atoms with Gasteiger partial charge in [-0.25, -0.2) is 0 Å². The highest BCUT2D eigenvalue weighted by Gasteiger charge is 2.43. The van der Waals surface area contributed by atoms with Crippen molar-refractivity contribution in [3.8, 4) is 33.6 Å². The van der Waals surface area contributed by atoms with E-state index in [1.54, 1.807) is 0 Å². The maximum absolute atomic E-state index is 2.96. The van der Waals surface area contributed by atoms with Crippen molar-refractivity contribution in [1.29, 1.82) is 0 Å². The summed E-state index contributed by atoms with van der Waals surface area (Å²) >= 11 is 0. The van der Waals surface area contributed by atoms with Crippen LogP contribution in [-0.2, 0) is 0 Å². The molecule has 0 atom stereocenters. The van der Waals surface area contributed by atoms with E-state index in [0.717, 1.165) is 11.4 Å². The Morgan fingerprint density at radius 3 is 1.33 bits per heavy atom. The molecule has 0 radical (unpaired) electrons. The van der Waals surface area contributed by atoms with Crippen LogP contribution in [0.1, 0.15) is 0 Å². The number of rotatable bonds is 8. The van der Waals surface area contributed by atoms with Crippen LogP contribution >= 0.6 is 0 Å². The van der Waals surface area contributed by atoms with Crippen LogP contribution in [0.2, 0.25) is 0 Å². The number of fused-ring (bicyclic) bond motifs is 6. The van der Waals surface area contributed by atoms with Crippen LogP contribution in [0.15, 0.2) is 255 Å². The highest BCUT2D eigenvalue weighted by Crippen LogP contribution is 2.40. The van der Waals surface area contributed by atoms with Gasteiger partial charge in [-0.3, -0.25) is 0 Å². The van der Waals surface area contributed by atoms with Gasteiger partial charge in [-0.05, 0) is 91.5 Å². The number of aromatic nitrogens is 2. The van der Waals surface area contributed by atoms with E-state index in [4.69, 9.17) is 0 Å². The van der Waals surface area contributed by atoms with Gasteiger partial charge in [0.05, 0.1) is 22.1 Å². The summed E-state index contributed by atoms with van der Waals surface area (Å²) in [5.74, 6) is 0. The first-order valence-corrected chi connectivity index (χ1v) is 23.8. The molecule has 0 spiro atoms. The Hall–Kier alpha value is -7.98. The molecule has 2 aromatic heterocycles. The van der Waals surface area contributed by atoms with E-state index in [-0.39, 0.29) is 0 Å². The van der Waals surface area contributed by atoms with Crippen LogP contribution in [-0.4, -0.2) is 17.2 Å². The zero-order valence-electron chi connectivity index (χ0n) is 34.6. The van der Waals surface area contributed by atoms with Crippen molar-refractivity contribution in [3.63, 3.8) is 0 Å². The SMILES string of the molecule is c1ccc(-c2ccc(-n3c4ccc(-n5c6ccccc6c6c(-c7ccccc7)cccc65)cc4c4c([Si](c5ccccc5)(c5ccccc5)c5ccccc5)cccc43)cc2)cc1. The highest BCUT2D eigenvalue weighted by molar-refractivity contribution is 7.20. The normalized spacial score (nSPS) is 11.8. The van der Waals surface area contributed by atoms with Crippen molar-refractivity contribution in [2.24, 2.45) is 0 Å². The Morgan fingerprint density at radius 1 is 0.270 bits per heavy atom.